The summed E-state index contributed by atoms with van der Waals surface area (Å²) >= 11 is 0. The molecule has 0 bridgehead atoms. The number of nitrogens with zero attached hydrogens (tertiary/aromatic N) is 2. The third-order valence-corrected chi connectivity index (χ3v) is 7.94. The highest BCUT2D eigenvalue weighted by molar-refractivity contribution is 6.08. The summed E-state index contributed by atoms with van der Waals surface area (Å²) in [7, 11) is 3.11. The van der Waals surface area contributed by atoms with Crippen LogP contribution in [0.25, 0.3) is 0 Å². The van der Waals surface area contributed by atoms with Gasteiger partial charge in [-0.05, 0) is 41.5 Å². The van der Waals surface area contributed by atoms with E-state index in [9.17, 15) is 24.3 Å². The summed E-state index contributed by atoms with van der Waals surface area (Å²) in [6.45, 7) is 10.7. The molecule has 4 heterocycles. The quantitative estimate of drug-likeness (QED) is 0.202. The monoisotopic (exact) mass is 624 g/mol. The number of hydrogen-bond acceptors (Lipinski definition) is 12. The van der Waals surface area contributed by atoms with Gasteiger partial charge in [0.15, 0.2) is 6.23 Å². The fourth-order valence-electron chi connectivity index (χ4n) is 5.76. The van der Waals surface area contributed by atoms with E-state index in [1.165, 1.54) is 29.0 Å². The summed E-state index contributed by atoms with van der Waals surface area (Å²) in [5.41, 5.74) is -0.478. The normalized spacial score (nSPS) is 32.6. The number of aliphatic hydroxyl groups excluding tert-OH is 1. The maximum atomic E-state index is 12.7. The minimum absolute atomic E-state index is 0.0651. The zero-order valence-electron chi connectivity index (χ0n) is 26.3. The Bertz CT molecular complexity index is 1340. The molecule has 3 aliphatic heterocycles. The number of methoxy groups -OCH3 is 1. The van der Waals surface area contributed by atoms with Crippen LogP contribution < -0.4 is 16.6 Å². The summed E-state index contributed by atoms with van der Waals surface area (Å²) in [5.74, 6) is -1.95. The van der Waals surface area contributed by atoms with Gasteiger partial charge in [0.25, 0.3) is 11.5 Å². The number of likely N-dealkylation sites (N-methyl/N-ethyl adjacent to an activating group) is 1. The number of aromatic nitrogens is 2. The third-order valence-electron chi connectivity index (χ3n) is 7.94. The van der Waals surface area contributed by atoms with Crippen LogP contribution in [-0.2, 0) is 38.1 Å². The Balaban J connectivity index is 1.55. The fraction of sp³-hybridized carbons (Fsp3) is 0.724. The number of hydroxylamine groups is 2. The molecule has 9 atom stereocenters. The molecule has 3 aliphatic rings. The molecule has 15 nitrogen and oxygen atoms in total. The van der Waals surface area contributed by atoms with E-state index < -0.39 is 77.9 Å². The van der Waals surface area contributed by atoms with Gasteiger partial charge < -0.3 is 28.8 Å². The molecule has 1 aromatic rings. The van der Waals surface area contributed by atoms with Crippen molar-refractivity contribution < 1.29 is 43.2 Å². The van der Waals surface area contributed by atoms with Crippen molar-refractivity contribution in [3.63, 3.8) is 0 Å². The number of carbonyl (C=O) groups is 2. The number of imide groups is 1. The number of carbonyl (C=O) groups excluding carboxylic acids is 2. The summed E-state index contributed by atoms with van der Waals surface area (Å²) in [6, 6.07) is -0.762. The topological polar surface area (TPSA) is 180 Å². The number of rotatable bonds is 12. The molecule has 0 saturated carbocycles. The lowest BCUT2D eigenvalue weighted by Crippen LogP contribution is -2.51. The summed E-state index contributed by atoms with van der Waals surface area (Å²) in [5, 5.41) is 15.2. The summed E-state index contributed by atoms with van der Waals surface area (Å²) in [4.78, 5) is 57.8. The molecule has 15 heteroatoms. The lowest BCUT2D eigenvalue weighted by atomic mass is 9.90. The predicted molar refractivity (Wildman–Crippen MR) is 154 cm³/mol. The van der Waals surface area contributed by atoms with Crippen molar-refractivity contribution >= 4 is 11.8 Å². The van der Waals surface area contributed by atoms with Crippen molar-refractivity contribution in [3.8, 4) is 0 Å². The van der Waals surface area contributed by atoms with Crippen LogP contribution in [0, 0.1) is 12.8 Å². The Morgan fingerprint density at radius 1 is 1.02 bits per heavy atom. The highest BCUT2D eigenvalue weighted by atomic mass is 16.7. The second-order valence-electron chi connectivity index (χ2n) is 11.9. The first-order valence-electron chi connectivity index (χ1n) is 14.7. The van der Waals surface area contributed by atoms with Crippen LogP contribution in [0.4, 0.5) is 0 Å². The minimum atomic E-state index is -1.19. The molecule has 0 spiro atoms. The van der Waals surface area contributed by atoms with Crippen LogP contribution in [0.1, 0.15) is 46.4 Å². The number of hydrogen-bond donors (Lipinski definition) is 3. The standard InChI is InChI=1S/C29H44N4O11/c1-13(2)40-11-18-20(21(34)22(43-18)17-9-15(5)25(35)30-27(17)37)32(7)41-12-19-23(42-14(3)4)24(39-8)28(44-19)33-10-16(6)26(36)31-29(33)38/h9-10,13-14,17-24,28,34H,11-12H2,1-8H3,(H,30,35,37)(H,31,36,38)/t17?,18-,19-,20+,21?,22-,23+,24?,28-/m1/s1. The Kier molecular flexibility index (Phi) is 11.0. The lowest BCUT2D eigenvalue weighted by molar-refractivity contribution is -0.221. The second kappa shape index (κ2) is 14.1. The maximum absolute atomic E-state index is 12.7. The maximum Gasteiger partial charge on any atom is 0.330 e. The van der Waals surface area contributed by atoms with Gasteiger partial charge >= 0.3 is 5.69 Å². The third kappa shape index (κ3) is 7.21. The van der Waals surface area contributed by atoms with E-state index in [0.717, 1.165) is 0 Å². The van der Waals surface area contributed by atoms with Gasteiger partial charge in [0.05, 0.1) is 37.4 Å². The van der Waals surface area contributed by atoms with Gasteiger partial charge in [-0.25, -0.2) is 4.79 Å². The van der Waals surface area contributed by atoms with Crippen LogP contribution in [0.15, 0.2) is 27.4 Å². The van der Waals surface area contributed by atoms with E-state index in [-0.39, 0.29) is 25.4 Å². The molecule has 3 unspecified atom stereocenters. The molecular formula is C29H44N4O11. The van der Waals surface area contributed by atoms with Gasteiger partial charge in [0.2, 0.25) is 5.91 Å². The Morgan fingerprint density at radius 2 is 1.73 bits per heavy atom. The fourth-order valence-corrected chi connectivity index (χ4v) is 5.76. The Morgan fingerprint density at radius 3 is 2.36 bits per heavy atom. The van der Waals surface area contributed by atoms with Crippen molar-refractivity contribution in [1.29, 1.82) is 0 Å². The molecule has 0 aromatic carbocycles. The van der Waals surface area contributed by atoms with E-state index in [1.54, 1.807) is 20.9 Å². The molecule has 2 fully saturated rings. The first-order chi connectivity index (χ1) is 20.7. The average Bonchev–Trinajstić information content (AvgIpc) is 3.46. The summed E-state index contributed by atoms with van der Waals surface area (Å²) in [6.07, 6.45) is -3.30. The number of aromatic amines is 1. The number of nitrogens with one attached hydrogen (secondary N) is 2. The first kappa shape index (κ1) is 34.1. The Hall–Kier alpha value is -2.76. The van der Waals surface area contributed by atoms with Crippen LogP contribution in [0.2, 0.25) is 0 Å². The zero-order chi connectivity index (χ0) is 32.5. The molecule has 44 heavy (non-hydrogen) atoms. The molecule has 246 valence electrons. The second-order valence-corrected chi connectivity index (χ2v) is 11.9. The minimum Gasteiger partial charge on any atom is -0.389 e. The van der Waals surface area contributed by atoms with Crippen molar-refractivity contribution in [1.82, 2.24) is 19.9 Å². The zero-order valence-corrected chi connectivity index (χ0v) is 26.3. The van der Waals surface area contributed by atoms with E-state index in [0.29, 0.717) is 11.1 Å². The van der Waals surface area contributed by atoms with Gasteiger partial charge in [-0.1, -0.05) is 6.08 Å². The highest BCUT2D eigenvalue weighted by Crippen LogP contribution is 2.35. The van der Waals surface area contributed by atoms with Crippen LogP contribution in [0.5, 0.6) is 0 Å². The van der Waals surface area contributed by atoms with Crippen LogP contribution in [-0.4, -0.2) is 114 Å². The van der Waals surface area contributed by atoms with Crippen molar-refractivity contribution in [3.05, 3.63) is 44.2 Å². The Labute approximate surface area is 255 Å². The predicted octanol–water partition coefficient (Wildman–Crippen LogP) is -0.445. The number of aryl methyl sites for hydroxylation is 1. The highest BCUT2D eigenvalue weighted by Gasteiger charge is 2.52. The molecule has 0 radical (unpaired) electrons. The van der Waals surface area contributed by atoms with E-state index in [4.69, 9.17) is 28.5 Å². The van der Waals surface area contributed by atoms with Gasteiger partial charge in [0.1, 0.15) is 36.6 Å². The van der Waals surface area contributed by atoms with E-state index in [2.05, 4.69) is 10.3 Å². The first-order valence-corrected chi connectivity index (χ1v) is 14.7. The van der Waals surface area contributed by atoms with Gasteiger partial charge in [-0.3, -0.25) is 34.1 Å². The average molecular weight is 625 g/mol. The lowest BCUT2D eigenvalue weighted by Gasteiger charge is -2.32. The van der Waals surface area contributed by atoms with Crippen LogP contribution >= 0.6 is 0 Å². The molecule has 0 aliphatic carbocycles. The number of H-pyrrole nitrogens is 1. The molecule has 4 rings (SSSR count). The molecule has 3 N–H and O–H groups in total. The largest absolute Gasteiger partial charge is 0.389 e. The summed E-state index contributed by atoms with van der Waals surface area (Å²) < 4.78 is 31.4. The van der Waals surface area contributed by atoms with Crippen molar-refractivity contribution in [2.45, 2.75) is 103 Å². The molecular weight excluding hydrogens is 580 g/mol. The molecule has 2 amide bonds. The van der Waals surface area contributed by atoms with Gasteiger partial charge in [-0.15, -0.1) is 0 Å². The molecule has 2 saturated heterocycles. The molecule has 1 aromatic heterocycles. The van der Waals surface area contributed by atoms with E-state index >= 15 is 0 Å². The van der Waals surface area contributed by atoms with Crippen molar-refractivity contribution in [2.24, 2.45) is 5.92 Å². The number of aliphatic hydroxyl groups is 1. The number of amides is 2. The van der Waals surface area contributed by atoms with Crippen LogP contribution in [0.3, 0.4) is 0 Å². The van der Waals surface area contributed by atoms with Gasteiger partial charge in [-0.2, -0.15) is 5.06 Å². The van der Waals surface area contributed by atoms with E-state index in [1.807, 2.05) is 27.7 Å². The van der Waals surface area contributed by atoms with Gasteiger partial charge in [0, 0.05) is 31.5 Å². The van der Waals surface area contributed by atoms with Crippen molar-refractivity contribution in [2.75, 3.05) is 27.4 Å². The smallest absolute Gasteiger partial charge is 0.330 e. The SMILES string of the molecule is COC1[C@@H](OC(C)C)[C@@H](CON(C)[C@@H]2C(O)[C@@H](C3C=C(C)C(=O)NC3=O)O[C@@H]2COC(C)C)O[C@H]1n1cc(C)c(=O)[nH]c1=O. The number of ether oxygens (including phenoxy) is 5.